The number of anilines is 1. The first-order chi connectivity index (χ1) is 8.78. The maximum Gasteiger partial charge on any atom is 0.128 e. The third-order valence-corrected chi connectivity index (χ3v) is 2.79. The van der Waals surface area contributed by atoms with E-state index in [9.17, 15) is 0 Å². The van der Waals surface area contributed by atoms with Gasteiger partial charge in [0.2, 0.25) is 0 Å². The fraction of sp³-hybridized carbons (Fsp3) is 0.688. The van der Waals surface area contributed by atoms with Crippen molar-refractivity contribution in [3.63, 3.8) is 0 Å². The third kappa shape index (κ3) is 6.58. The summed E-state index contributed by atoms with van der Waals surface area (Å²) >= 11 is 0. The number of hydrogen-bond acceptors (Lipinski definition) is 3. The molecule has 0 saturated heterocycles. The van der Waals surface area contributed by atoms with E-state index in [1.807, 2.05) is 6.20 Å². The molecule has 0 bridgehead atoms. The summed E-state index contributed by atoms with van der Waals surface area (Å²) in [6.45, 7) is 14.2. The van der Waals surface area contributed by atoms with E-state index in [1.54, 1.807) is 0 Å². The SMILES string of the molecule is CC(C)CNCc1ccnc(N(C)CC(C)(C)C)c1. The van der Waals surface area contributed by atoms with Gasteiger partial charge in [-0.15, -0.1) is 0 Å². The van der Waals surface area contributed by atoms with E-state index in [2.05, 4.69) is 69.0 Å². The molecule has 0 aliphatic carbocycles. The van der Waals surface area contributed by atoms with Gasteiger partial charge in [-0.05, 0) is 35.6 Å². The van der Waals surface area contributed by atoms with Crippen molar-refractivity contribution < 1.29 is 0 Å². The molecule has 0 atom stereocenters. The van der Waals surface area contributed by atoms with Crippen molar-refractivity contribution in [3.8, 4) is 0 Å². The highest BCUT2D eigenvalue weighted by molar-refractivity contribution is 5.40. The summed E-state index contributed by atoms with van der Waals surface area (Å²) < 4.78 is 0. The topological polar surface area (TPSA) is 28.2 Å². The van der Waals surface area contributed by atoms with Gasteiger partial charge in [0.25, 0.3) is 0 Å². The van der Waals surface area contributed by atoms with E-state index in [1.165, 1.54) is 5.56 Å². The Morgan fingerprint density at radius 3 is 2.58 bits per heavy atom. The molecule has 0 spiro atoms. The summed E-state index contributed by atoms with van der Waals surface area (Å²) in [6, 6.07) is 4.26. The van der Waals surface area contributed by atoms with Crippen LogP contribution in [0, 0.1) is 11.3 Å². The molecular formula is C16H29N3. The van der Waals surface area contributed by atoms with Gasteiger partial charge in [-0.1, -0.05) is 34.6 Å². The van der Waals surface area contributed by atoms with Crippen LogP contribution in [0.25, 0.3) is 0 Å². The van der Waals surface area contributed by atoms with Crippen LogP contribution in [0.5, 0.6) is 0 Å². The van der Waals surface area contributed by atoms with Gasteiger partial charge < -0.3 is 10.2 Å². The van der Waals surface area contributed by atoms with Crippen LogP contribution in [0.4, 0.5) is 5.82 Å². The molecule has 0 saturated carbocycles. The molecule has 0 aliphatic heterocycles. The maximum absolute atomic E-state index is 4.46. The molecule has 1 N–H and O–H groups in total. The number of rotatable bonds is 6. The molecule has 3 nitrogen and oxygen atoms in total. The third-order valence-electron chi connectivity index (χ3n) is 2.79. The minimum atomic E-state index is 0.280. The molecule has 0 fully saturated rings. The number of nitrogens with one attached hydrogen (secondary N) is 1. The summed E-state index contributed by atoms with van der Waals surface area (Å²) in [5, 5.41) is 3.47. The number of hydrogen-bond donors (Lipinski definition) is 1. The van der Waals surface area contributed by atoms with Crippen molar-refractivity contribution in [3.05, 3.63) is 23.9 Å². The first-order valence-corrected chi connectivity index (χ1v) is 7.15. The second kappa shape index (κ2) is 6.90. The zero-order valence-corrected chi connectivity index (χ0v) is 13.3. The molecule has 19 heavy (non-hydrogen) atoms. The number of nitrogens with zero attached hydrogens (tertiary/aromatic N) is 2. The Kier molecular flexibility index (Phi) is 5.80. The molecule has 1 heterocycles. The Bertz CT molecular complexity index is 380. The summed E-state index contributed by atoms with van der Waals surface area (Å²) in [7, 11) is 2.11. The van der Waals surface area contributed by atoms with Crippen molar-refractivity contribution in [2.75, 3.05) is 25.0 Å². The van der Waals surface area contributed by atoms with E-state index in [0.29, 0.717) is 5.92 Å². The van der Waals surface area contributed by atoms with E-state index >= 15 is 0 Å². The standard InChI is InChI=1S/C16H29N3/c1-13(2)10-17-11-14-7-8-18-15(9-14)19(6)12-16(3,4)5/h7-9,13,17H,10-12H2,1-6H3. The van der Waals surface area contributed by atoms with Gasteiger partial charge in [0.05, 0.1) is 0 Å². The van der Waals surface area contributed by atoms with Crippen LogP contribution >= 0.6 is 0 Å². The molecular weight excluding hydrogens is 234 g/mol. The average molecular weight is 263 g/mol. The fourth-order valence-electron chi connectivity index (χ4n) is 2.08. The predicted octanol–water partition coefficient (Wildman–Crippen LogP) is 3.31. The molecule has 0 unspecified atom stereocenters. The van der Waals surface area contributed by atoms with Gasteiger partial charge in [-0.2, -0.15) is 0 Å². The highest BCUT2D eigenvalue weighted by Gasteiger charge is 2.14. The van der Waals surface area contributed by atoms with E-state index in [-0.39, 0.29) is 5.41 Å². The first-order valence-electron chi connectivity index (χ1n) is 7.15. The first kappa shape index (κ1) is 16.0. The van der Waals surface area contributed by atoms with Gasteiger partial charge in [-0.3, -0.25) is 0 Å². The Labute approximate surface area is 118 Å². The summed E-state index contributed by atoms with van der Waals surface area (Å²) in [4.78, 5) is 6.69. The van der Waals surface area contributed by atoms with Gasteiger partial charge in [0.1, 0.15) is 5.82 Å². The van der Waals surface area contributed by atoms with Gasteiger partial charge in [0.15, 0.2) is 0 Å². The monoisotopic (exact) mass is 263 g/mol. The van der Waals surface area contributed by atoms with Crippen LogP contribution in [0.1, 0.15) is 40.2 Å². The van der Waals surface area contributed by atoms with Gasteiger partial charge in [0, 0.05) is 26.3 Å². The van der Waals surface area contributed by atoms with Crippen molar-refractivity contribution in [1.82, 2.24) is 10.3 Å². The molecule has 0 aliphatic rings. The quantitative estimate of drug-likeness (QED) is 0.853. The summed E-state index contributed by atoms with van der Waals surface area (Å²) in [5.74, 6) is 1.74. The maximum atomic E-state index is 4.46. The predicted molar refractivity (Wildman–Crippen MR) is 83.5 cm³/mol. The van der Waals surface area contributed by atoms with Gasteiger partial charge in [-0.25, -0.2) is 4.98 Å². The summed E-state index contributed by atoms with van der Waals surface area (Å²) in [5.41, 5.74) is 1.58. The lowest BCUT2D eigenvalue weighted by Gasteiger charge is -2.27. The minimum Gasteiger partial charge on any atom is -0.359 e. The second-order valence-electron chi connectivity index (χ2n) is 6.96. The highest BCUT2D eigenvalue weighted by atomic mass is 15.2. The largest absolute Gasteiger partial charge is 0.359 e. The smallest absolute Gasteiger partial charge is 0.128 e. The Morgan fingerprint density at radius 2 is 2.00 bits per heavy atom. The molecule has 108 valence electrons. The van der Waals surface area contributed by atoms with Crippen LogP contribution in [-0.2, 0) is 6.54 Å². The lowest BCUT2D eigenvalue weighted by Crippen LogP contribution is -2.29. The molecule has 0 amide bonds. The van der Waals surface area contributed by atoms with Crippen molar-refractivity contribution in [2.24, 2.45) is 11.3 Å². The molecule has 0 radical (unpaired) electrons. The minimum absolute atomic E-state index is 0.280. The van der Waals surface area contributed by atoms with Crippen LogP contribution in [0.2, 0.25) is 0 Å². The van der Waals surface area contributed by atoms with Crippen LogP contribution in [0.3, 0.4) is 0 Å². The molecule has 1 aromatic heterocycles. The van der Waals surface area contributed by atoms with Crippen LogP contribution < -0.4 is 10.2 Å². The zero-order valence-electron chi connectivity index (χ0n) is 13.3. The Morgan fingerprint density at radius 1 is 1.32 bits per heavy atom. The van der Waals surface area contributed by atoms with E-state index in [0.717, 1.165) is 25.5 Å². The van der Waals surface area contributed by atoms with E-state index < -0.39 is 0 Å². The van der Waals surface area contributed by atoms with Crippen LogP contribution in [-0.4, -0.2) is 25.1 Å². The Balaban J connectivity index is 2.61. The lowest BCUT2D eigenvalue weighted by atomic mass is 9.96. The normalized spacial score (nSPS) is 11.9. The summed E-state index contributed by atoms with van der Waals surface area (Å²) in [6.07, 6.45) is 1.90. The molecule has 1 rings (SSSR count). The van der Waals surface area contributed by atoms with Crippen molar-refractivity contribution in [1.29, 1.82) is 0 Å². The number of pyridine rings is 1. The van der Waals surface area contributed by atoms with Crippen LogP contribution in [0.15, 0.2) is 18.3 Å². The Hall–Kier alpha value is -1.09. The molecule has 3 heteroatoms. The zero-order chi connectivity index (χ0) is 14.5. The molecule has 0 aromatic carbocycles. The number of aromatic nitrogens is 1. The van der Waals surface area contributed by atoms with Crippen molar-refractivity contribution in [2.45, 2.75) is 41.2 Å². The van der Waals surface area contributed by atoms with E-state index in [4.69, 9.17) is 0 Å². The highest BCUT2D eigenvalue weighted by Crippen LogP contribution is 2.19. The average Bonchev–Trinajstić information content (AvgIpc) is 2.26. The van der Waals surface area contributed by atoms with Gasteiger partial charge >= 0.3 is 0 Å². The van der Waals surface area contributed by atoms with Crippen molar-refractivity contribution >= 4 is 5.82 Å². The lowest BCUT2D eigenvalue weighted by molar-refractivity contribution is 0.417. The fourth-order valence-corrected chi connectivity index (χ4v) is 2.08. The molecule has 1 aromatic rings. The second-order valence-corrected chi connectivity index (χ2v) is 6.96.